The Balaban J connectivity index is 2.21. The number of anilines is 1. The topological polar surface area (TPSA) is 62.3 Å². The number of ether oxygens (including phenoxy) is 1. The molecule has 1 aromatic carbocycles. The third-order valence-corrected chi connectivity index (χ3v) is 4.35. The lowest BCUT2D eigenvalue weighted by Crippen LogP contribution is -2.45. The molecule has 1 heterocycles. The van der Waals surface area contributed by atoms with E-state index in [2.05, 4.69) is 17.3 Å². The van der Waals surface area contributed by atoms with Crippen LogP contribution < -0.4 is 5.73 Å². The standard InChI is InChI=1S/C13H19N3OS/c1-3-16(11-7-17-8-11)18-12-5-9(2)4-10(6-14)13(12)15/h4-6,11,14H,3,7-8,15H2,1-2H3. The summed E-state index contributed by atoms with van der Waals surface area (Å²) in [6.45, 7) is 6.70. The average molecular weight is 265 g/mol. The number of likely N-dealkylation sites (N-methyl/N-ethyl adjacent to an activating group) is 1. The number of nitrogens with two attached hydrogens (primary N) is 1. The summed E-state index contributed by atoms with van der Waals surface area (Å²) in [7, 11) is 0. The van der Waals surface area contributed by atoms with Crippen molar-refractivity contribution in [1.29, 1.82) is 5.41 Å². The van der Waals surface area contributed by atoms with Gasteiger partial charge in [0.25, 0.3) is 0 Å². The maximum Gasteiger partial charge on any atom is 0.0673 e. The summed E-state index contributed by atoms with van der Waals surface area (Å²) in [5.41, 5.74) is 8.71. The van der Waals surface area contributed by atoms with Gasteiger partial charge in [0, 0.05) is 23.2 Å². The van der Waals surface area contributed by atoms with Crippen molar-refractivity contribution in [3.05, 3.63) is 23.3 Å². The molecule has 4 nitrogen and oxygen atoms in total. The van der Waals surface area contributed by atoms with E-state index in [0.717, 1.165) is 35.8 Å². The molecule has 0 spiro atoms. The molecule has 0 atom stereocenters. The second-order valence-corrected chi connectivity index (χ2v) is 5.52. The van der Waals surface area contributed by atoms with Gasteiger partial charge in [0.2, 0.25) is 0 Å². The van der Waals surface area contributed by atoms with Gasteiger partial charge in [-0.2, -0.15) is 0 Å². The van der Waals surface area contributed by atoms with Crippen LogP contribution in [0.3, 0.4) is 0 Å². The largest absolute Gasteiger partial charge is 0.397 e. The van der Waals surface area contributed by atoms with Crippen molar-refractivity contribution in [2.45, 2.75) is 24.8 Å². The minimum atomic E-state index is 0.475. The average Bonchev–Trinajstić information content (AvgIpc) is 2.29. The zero-order chi connectivity index (χ0) is 13.1. The Hall–Kier alpha value is -1.04. The summed E-state index contributed by atoms with van der Waals surface area (Å²) in [5.74, 6) is 0. The van der Waals surface area contributed by atoms with Crippen molar-refractivity contribution in [2.75, 3.05) is 25.5 Å². The first-order chi connectivity index (χ1) is 8.65. The molecule has 1 fully saturated rings. The van der Waals surface area contributed by atoms with Crippen molar-refractivity contribution >= 4 is 23.8 Å². The zero-order valence-corrected chi connectivity index (χ0v) is 11.6. The smallest absolute Gasteiger partial charge is 0.0673 e. The zero-order valence-electron chi connectivity index (χ0n) is 10.8. The molecule has 1 saturated heterocycles. The van der Waals surface area contributed by atoms with Crippen molar-refractivity contribution in [2.24, 2.45) is 0 Å². The number of nitrogens with zero attached hydrogens (tertiary/aromatic N) is 1. The third kappa shape index (κ3) is 2.68. The van der Waals surface area contributed by atoms with Gasteiger partial charge in [-0.05, 0) is 36.6 Å². The van der Waals surface area contributed by atoms with Crippen molar-refractivity contribution in [3.63, 3.8) is 0 Å². The lowest BCUT2D eigenvalue weighted by atomic mass is 10.1. The lowest BCUT2D eigenvalue weighted by molar-refractivity contribution is -0.0324. The van der Waals surface area contributed by atoms with E-state index >= 15 is 0 Å². The Bertz CT molecular complexity index is 446. The van der Waals surface area contributed by atoms with E-state index in [9.17, 15) is 0 Å². The van der Waals surface area contributed by atoms with Gasteiger partial charge in [-0.3, -0.25) is 0 Å². The summed E-state index contributed by atoms with van der Waals surface area (Å²) >= 11 is 1.67. The van der Waals surface area contributed by atoms with Gasteiger partial charge >= 0.3 is 0 Å². The fourth-order valence-electron chi connectivity index (χ4n) is 1.90. The Morgan fingerprint density at radius 1 is 1.56 bits per heavy atom. The number of nitrogen functional groups attached to an aromatic ring is 1. The molecule has 5 heteroatoms. The Labute approximate surface area is 112 Å². The van der Waals surface area contributed by atoms with E-state index in [1.54, 1.807) is 11.9 Å². The number of benzene rings is 1. The molecule has 0 bridgehead atoms. The molecule has 18 heavy (non-hydrogen) atoms. The normalized spacial score (nSPS) is 15.7. The highest BCUT2D eigenvalue weighted by atomic mass is 32.2. The van der Waals surface area contributed by atoms with Gasteiger partial charge in [-0.1, -0.05) is 6.92 Å². The first kappa shape index (κ1) is 13.4. The molecular formula is C13H19N3OS. The van der Waals surface area contributed by atoms with Crippen LogP contribution in [0.1, 0.15) is 18.1 Å². The molecule has 0 amide bonds. The maximum absolute atomic E-state index is 7.39. The Morgan fingerprint density at radius 3 is 2.78 bits per heavy atom. The quantitative estimate of drug-likeness (QED) is 0.487. The molecule has 0 radical (unpaired) electrons. The van der Waals surface area contributed by atoms with Crippen molar-refractivity contribution in [3.8, 4) is 0 Å². The second kappa shape index (κ2) is 5.73. The highest BCUT2D eigenvalue weighted by molar-refractivity contribution is 7.97. The molecule has 3 N–H and O–H groups in total. The SMILES string of the molecule is CCN(Sc1cc(C)cc(C=N)c1N)C1COC1. The summed E-state index contributed by atoms with van der Waals surface area (Å²) in [5, 5.41) is 7.39. The summed E-state index contributed by atoms with van der Waals surface area (Å²) in [4.78, 5) is 1.03. The van der Waals surface area contributed by atoms with Crippen LogP contribution in [0, 0.1) is 12.3 Å². The van der Waals surface area contributed by atoms with Gasteiger partial charge in [0.1, 0.15) is 0 Å². The van der Waals surface area contributed by atoms with Gasteiger partial charge in [-0.25, -0.2) is 4.31 Å². The van der Waals surface area contributed by atoms with Crippen LogP contribution in [-0.4, -0.2) is 36.3 Å². The van der Waals surface area contributed by atoms with Crippen LogP contribution in [0.2, 0.25) is 0 Å². The fourth-order valence-corrected chi connectivity index (χ4v) is 3.01. The highest BCUT2D eigenvalue weighted by Gasteiger charge is 2.26. The van der Waals surface area contributed by atoms with E-state index < -0.39 is 0 Å². The van der Waals surface area contributed by atoms with Gasteiger partial charge in [0.15, 0.2) is 0 Å². The molecule has 2 rings (SSSR count). The molecule has 98 valence electrons. The molecule has 1 aromatic rings. The second-order valence-electron chi connectivity index (χ2n) is 4.43. The van der Waals surface area contributed by atoms with Crippen LogP contribution in [0.4, 0.5) is 5.69 Å². The van der Waals surface area contributed by atoms with Crippen LogP contribution in [-0.2, 0) is 4.74 Å². The minimum Gasteiger partial charge on any atom is -0.397 e. The predicted octanol–water partition coefficient (Wildman–Crippen LogP) is 2.30. The Kier molecular flexibility index (Phi) is 4.27. The molecule has 0 saturated carbocycles. The van der Waals surface area contributed by atoms with E-state index in [0.29, 0.717) is 11.7 Å². The van der Waals surface area contributed by atoms with Gasteiger partial charge in [-0.15, -0.1) is 0 Å². The number of aryl methyl sites for hydroxylation is 1. The molecule has 1 aliphatic rings. The first-order valence-electron chi connectivity index (χ1n) is 6.08. The van der Waals surface area contributed by atoms with Crippen LogP contribution in [0.15, 0.2) is 17.0 Å². The molecular weight excluding hydrogens is 246 g/mol. The van der Waals surface area contributed by atoms with Gasteiger partial charge < -0.3 is 15.9 Å². The molecule has 1 aliphatic heterocycles. The number of nitrogens with one attached hydrogen (secondary N) is 1. The first-order valence-corrected chi connectivity index (χ1v) is 6.86. The van der Waals surface area contributed by atoms with Crippen molar-refractivity contribution in [1.82, 2.24) is 4.31 Å². The number of hydrogen-bond donors (Lipinski definition) is 2. The van der Waals surface area contributed by atoms with E-state index in [-0.39, 0.29) is 0 Å². The predicted molar refractivity (Wildman–Crippen MR) is 76.3 cm³/mol. The summed E-state index contributed by atoms with van der Waals surface area (Å²) in [6, 6.07) is 4.49. The van der Waals surface area contributed by atoms with E-state index in [1.165, 1.54) is 6.21 Å². The monoisotopic (exact) mass is 265 g/mol. The molecule has 0 aromatic heterocycles. The lowest BCUT2D eigenvalue weighted by Gasteiger charge is -2.35. The van der Waals surface area contributed by atoms with Crippen LogP contribution in [0.5, 0.6) is 0 Å². The van der Waals surface area contributed by atoms with Crippen molar-refractivity contribution < 1.29 is 4.74 Å². The summed E-state index contributed by atoms with van der Waals surface area (Å²) < 4.78 is 7.53. The van der Waals surface area contributed by atoms with E-state index in [1.807, 2.05) is 13.0 Å². The van der Waals surface area contributed by atoms with Gasteiger partial charge in [0.05, 0.1) is 24.9 Å². The highest BCUT2D eigenvalue weighted by Crippen LogP contribution is 2.33. The maximum atomic E-state index is 7.39. The number of hydrogen-bond acceptors (Lipinski definition) is 5. The van der Waals surface area contributed by atoms with Crippen LogP contribution >= 0.6 is 11.9 Å². The fraction of sp³-hybridized carbons (Fsp3) is 0.462. The number of rotatable bonds is 5. The summed E-state index contributed by atoms with van der Waals surface area (Å²) in [6.07, 6.45) is 1.31. The van der Waals surface area contributed by atoms with E-state index in [4.69, 9.17) is 15.9 Å². The minimum absolute atomic E-state index is 0.475. The van der Waals surface area contributed by atoms with Crippen LogP contribution in [0.25, 0.3) is 0 Å². The third-order valence-electron chi connectivity index (χ3n) is 3.03. The molecule has 0 aliphatic carbocycles. The Morgan fingerprint density at radius 2 is 2.28 bits per heavy atom. The molecule has 0 unspecified atom stereocenters.